The van der Waals surface area contributed by atoms with Crippen molar-refractivity contribution in [2.24, 2.45) is 7.05 Å². The van der Waals surface area contributed by atoms with Crippen LogP contribution in [0.5, 0.6) is 0 Å². The van der Waals surface area contributed by atoms with E-state index in [0.29, 0.717) is 0 Å². The Morgan fingerprint density at radius 3 is 3.00 bits per heavy atom. The van der Waals surface area contributed by atoms with Crippen molar-refractivity contribution in [3.63, 3.8) is 0 Å². The molecule has 0 atom stereocenters. The lowest BCUT2D eigenvalue weighted by molar-refractivity contribution is 0.283. The molecular weight excluding hydrogens is 232 g/mol. The van der Waals surface area contributed by atoms with Crippen molar-refractivity contribution in [1.82, 2.24) is 9.78 Å². The van der Waals surface area contributed by atoms with E-state index in [1.54, 1.807) is 4.68 Å². The topological polar surface area (TPSA) is 38.0 Å². The van der Waals surface area contributed by atoms with Crippen LogP contribution in [0.1, 0.15) is 5.56 Å². The van der Waals surface area contributed by atoms with Gasteiger partial charge in [0.2, 0.25) is 0 Å². The Morgan fingerprint density at radius 2 is 2.31 bits per heavy atom. The summed E-state index contributed by atoms with van der Waals surface area (Å²) >= 11 is 3.44. The molecule has 68 valence electrons. The van der Waals surface area contributed by atoms with Crippen LogP contribution in [0.25, 0.3) is 10.9 Å². The molecule has 1 aromatic heterocycles. The number of rotatable bonds is 1. The lowest BCUT2D eigenvalue weighted by Crippen LogP contribution is -1.88. The van der Waals surface area contributed by atoms with Gasteiger partial charge in [0.05, 0.1) is 12.1 Å². The van der Waals surface area contributed by atoms with Crippen LogP contribution in [-0.4, -0.2) is 14.9 Å². The van der Waals surface area contributed by atoms with Gasteiger partial charge in [0.25, 0.3) is 0 Å². The summed E-state index contributed by atoms with van der Waals surface area (Å²) in [5.74, 6) is 0. The molecular formula is C9H9BrN2O. The van der Waals surface area contributed by atoms with Gasteiger partial charge in [-0.25, -0.2) is 0 Å². The summed E-state index contributed by atoms with van der Waals surface area (Å²) in [5.41, 5.74) is 1.72. The summed E-state index contributed by atoms with van der Waals surface area (Å²) in [5, 5.41) is 14.4. The van der Waals surface area contributed by atoms with Crippen LogP contribution in [-0.2, 0) is 13.7 Å². The van der Waals surface area contributed by atoms with Crippen LogP contribution in [0.2, 0.25) is 0 Å². The summed E-state index contributed by atoms with van der Waals surface area (Å²) < 4.78 is 2.75. The molecule has 3 nitrogen and oxygen atoms in total. The molecule has 0 bridgehead atoms. The fourth-order valence-corrected chi connectivity index (χ4v) is 1.79. The largest absolute Gasteiger partial charge is 0.392 e. The van der Waals surface area contributed by atoms with E-state index in [-0.39, 0.29) is 6.61 Å². The number of halogens is 1. The summed E-state index contributed by atoms with van der Waals surface area (Å²) in [6.07, 6.45) is 1.93. The first-order chi connectivity index (χ1) is 6.22. The zero-order valence-corrected chi connectivity index (χ0v) is 8.74. The third kappa shape index (κ3) is 1.36. The van der Waals surface area contributed by atoms with Crippen LogP contribution in [0.3, 0.4) is 0 Å². The minimum Gasteiger partial charge on any atom is -0.392 e. The van der Waals surface area contributed by atoms with Gasteiger partial charge in [-0.05, 0) is 6.07 Å². The minimum atomic E-state index is 0.0286. The fourth-order valence-electron chi connectivity index (χ4n) is 1.37. The first kappa shape index (κ1) is 8.72. The minimum absolute atomic E-state index is 0.0286. The predicted molar refractivity (Wildman–Crippen MR) is 54.3 cm³/mol. The van der Waals surface area contributed by atoms with E-state index in [1.807, 2.05) is 25.4 Å². The third-order valence-electron chi connectivity index (χ3n) is 1.99. The summed E-state index contributed by atoms with van der Waals surface area (Å²) in [6.45, 7) is 0.0286. The summed E-state index contributed by atoms with van der Waals surface area (Å²) in [4.78, 5) is 0. The third-order valence-corrected chi connectivity index (χ3v) is 2.68. The normalized spacial score (nSPS) is 11.0. The standard InChI is InChI=1S/C9H9BrN2O/c1-12-4-7-8(10)3-2-6(5-13)9(7)11-12/h2-4,13H,5H2,1H3. The number of hydrogen-bond acceptors (Lipinski definition) is 2. The zero-order chi connectivity index (χ0) is 9.42. The molecule has 0 spiro atoms. The number of aliphatic hydroxyl groups is 1. The van der Waals surface area contributed by atoms with E-state index in [9.17, 15) is 0 Å². The molecule has 0 aliphatic rings. The molecule has 1 aromatic carbocycles. The molecule has 0 fully saturated rings. The van der Waals surface area contributed by atoms with E-state index < -0.39 is 0 Å². The average Bonchev–Trinajstić information content (AvgIpc) is 2.48. The van der Waals surface area contributed by atoms with Gasteiger partial charge < -0.3 is 5.11 Å². The van der Waals surface area contributed by atoms with Crippen LogP contribution in [0.15, 0.2) is 22.8 Å². The molecule has 1 N–H and O–H groups in total. The number of aliphatic hydroxyl groups excluding tert-OH is 1. The monoisotopic (exact) mass is 240 g/mol. The van der Waals surface area contributed by atoms with E-state index >= 15 is 0 Å². The van der Waals surface area contributed by atoms with Gasteiger partial charge in [0.15, 0.2) is 0 Å². The Kier molecular flexibility index (Phi) is 2.09. The van der Waals surface area contributed by atoms with Gasteiger partial charge in [-0.2, -0.15) is 5.10 Å². The van der Waals surface area contributed by atoms with Crippen molar-refractivity contribution in [1.29, 1.82) is 0 Å². The molecule has 0 aliphatic heterocycles. The number of benzene rings is 1. The van der Waals surface area contributed by atoms with Gasteiger partial charge in [0.1, 0.15) is 0 Å². The van der Waals surface area contributed by atoms with Gasteiger partial charge in [-0.3, -0.25) is 4.68 Å². The molecule has 13 heavy (non-hydrogen) atoms. The summed E-state index contributed by atoms with van der Waals surface area (Å²) in [6, 6.07) is 3.80. The van der Waals surface area contributed by atoms with E-state index in [0.717, 1.165) is 20.9 Å². The van der Waals surface area contributed by atoms with Crippen LogP contribution < -0.4 is 0 Å². The Bertz CT molecular complexity index is 450. The fraction of sp³-hybridized carbons (Fsp3) is 0.222. The second-order valence-corrected chi connectivity index (χ2v) is 3.78. The molecule has 2 rings (SSSR count). The Labute approximate surface area is 84.1 Å². The molecule has 0 amide bonds. The summed E-state index contributed by atoms with van der Waals surface area (Å²) in [7, 11) is 1.87. The SMILES string of the molecule is Cn1cc2c(Br)ccc(CO)c2n1. The van der Waals surface area contributed by atoms with Gasteiger partial charge in [-0.1, -0.05) is 22.0 Å². The average molecular weight is 241 g/mol. The Hall–Kier alpha value is -0.870. The van der Waals surface area contributed by atoms with E-state index in [1.165, 1.54) is 0 Å². The van der Waals surface area contributed by atoms with Crippen molar-refractivity contribution in [2.75, 3.05) is 0 Å². The van der Waals surface area contributed by atoms with Crippen molar-refractivity contribution >= 4 is 26.8 Å². The number of fused-ring (bicyclic) bond motifs is 1. The highest BCUT2D eigenvalue weighted by Crippen LogP contribution is 2.25. The lowest BCUT2D eigenvalue weighted by Gasteiger charge is -1.97. The van der Waals surface area contributed by atoms with E-state index in [4.69, 9.17) is 5.11 Å². The van der Waals surface area contributed by atoms with Crippen LogP contribution in [0, 0.1) is 0 Å². The molecule has 4 heteroatoms. The van der Waals surface area contributed by atoms with Gasteiger partial charge in [-0.15, -0.1) is 0 Å². The quantitative estimate of drug-likeness (QED) is 0.827. The molecule has 1 heterocycles. The smallest absolute Gasteiger partial charge is 0.0989 e. The maximum atomic E-state index is 9.07. The lowest BCUT2D eigenvalue weighted by atomic mass is 10.1. The maximum Gasteiger partial charge on any atom is 0.0989 e. The first-order valence-corrected chi connectivity index (χ1v) is 4.73. The molecule has 0 saturated heterocycles. The molecule has 0 aliphatic carbocycles. The highest BCUT2D eigenvalue weighted by molar-refractivity contribution is 9.10. The van der Waals surface area contributed by atoms with Crippen molar-refractivity contribution in [3.05, 3.63) is 28.4 Å². The maximum absolute atomic E-state index is 9.07. The van der Waals surface area contributed by atoms with Gasteiger partial charge >= 0.3 is 0 Å². The van der Waals surface area contributed by atoms with Crippen molar-refractivity contribution in [3.8, 4) is 0 Å². The Balaban J connectivity index is 2.83. The highest BCUT2D eigenvalue weighted by atomic mass is 79.9. The van der Waals surface area contributed by atoms with E-state index in [2.05, 4.69) is 21.0 Å². The van der Waals surface area contributed by atoms with Gasteiger partial charge in [0, 0.05) is 28.7 Å². The zero-order valence-electron chi connectivity index (χ0n) is 7.16. The molecule has 0 unspecified atom stereocenters. The number of nitrogens with zero attached hydrogens (tertiary/aromatic N) is 2. The molecule has 2 aromatic rings. The number of aryl methyl sites for hydroxylation is 1. The predicted octanol–water partition coefficient (Wildman–Crippen LogP) is 1.83. The second kappa shape index (κ2) is 3.12. The number of hydrogen-bond donors (Lipinski definition) is 1. The number of aromatic nitrogens is 2. The Morgan fingerprint density at radius 1 is 1.54 bits per heavy atom. The van der Waals surface area contributed by atoms with Crippen molar-refractivity contribution < 1.29 is 5.11 Å². The molecule has 0 radical (unpaired) electrons. The first-order valence-electron chi connectivity index (χ1n) is 3.94. The van der Waals surface area contributed by atoms with Crippen LogP contribution >= 0.6 is 15.9 Å². The van der Waals surface area contributed by atoms with Crippen LogP contribution in [0.4, 0.5) is 0 Å². The highest BCUT2D eigenvalue weighted by Gasteiger charge is 2.06. The van der Waals surface area contributed by atoms with Crippen molar-refractivity contribution in [2.45, 2.75) is 6.61 Å². The molecule has 0 saturated carbocycles. The second-order valence-electron chi connectivity index (χ2n) is 2.93.